The number of carboxylic acids is 1. The lowest BCUT2D eigenvalue weighted by Crippen LogP contribution is -2.34. The number of aliphatic hydroxyl groups excluding tert-OH is 1. The molecule has 0 aromatic carbocycles. The quantitative estimate of drug-likeness (QED) is 0.0152. The van der Waals surface area contributed by atoms with Gasteiger partial charge in [-0.15, -0.1) is 0 Å². The number of carboxylic acid groups (broad SMARTS) is 1. The summed E-state index contributed by atoms with van der Waals surface area (Å²) < 4.78 is 32.5. The van der Waals surface area contributed by atoms with Crippen molar-refractivity contribution in [1.29, 1.82) is 0 Å². The number of rotatable bonds is 38. The third-order valence-electron chi connectivity index (χ3n) is 8.53. The molecule has 2 unspecified atom stereocenters. The van der Waals surface area contributed by atoms with E-state index in [1.165, 1.54) is 57.8 Å². The second-order valence-electron chi connectivity index (χ2n) is 14.0. The van der Waals surface area contributed by atoms with E-state index in [0.29, 0.717) is 19.3 Å². The van der Waals surface area contributed by atoms with Crippen molar-refractivity contribution in [3.63, 3.8) is 0 Å². The number of aliphatic carboxylic acids is 1. The normalized spacial score (nSPS) is 15.0. The molecule has 0 aliphatic carbocycles. The molecule has 0 amide bonds. The second-order valence-corrected chi connectivity index (χ2v) is 15.4. The van der Waals surface area contributed by atoms with E-state index < -0.39 is 63.8 Å². The zero-order chi connectivity index (χ0) is 42.2. The van der Waals surface area contributed by atoms with Gasteiger partial charge in [0.05, 0.1) is 19.3 Å². The number of allylic oxidation sites excluding steroid dienone is 11. The monoisotopic (exact) mass is 823 g/mol. The predicted octanol–water partition coefficient (Wildman–Crippen LogP) is 9.92. The summed E-state index contributed by atoms with van der Waals surface area (Å²) in [5.74, 6) is -2.66. The summed E-state index contributed by atoms with van der Waals surface area (Å²) in [7, 11) is -4.78. The molecule has 0 aliphatic rings. The number of ether oxygens (including phenoxy) is 2. The van der Waals surface area contributed by atoms with Gasteiger partial charge in [-0.2, -0.15) is 0 Å². The van der Waals surface area contributed by atoms with Crippen molar-refractivity contribution in [2.75, 3.05) is 19.8 Å². The van der Waals surface area contributed by atoms with Gasteiger partial charge in [0.1, 0.15) is 12.6 Å². The van der Waals surface area contributed by atoms with Gasteiger partial charge in [0.2, 0.25) is 0 Å². The van der Waals surface area contributed by atoms with Crippen LogP contribution < -0.4 is 5.73 Å². The Bertz CT molecular complexity index is 1260. The smallest absolute Gasteiger partial charge is 0.472 e. The number of aliphatic hydroxyl groups is 1. The average Bonchev–Trinajstić information content (AvgIpc) is 3.18. The van der Waals surface area contributed by atoms with Gasteiger partial charge in [-0.25, -0.2) is 4.57 Å². The van der Waals surface area contributed by atoms with Gasteiger partial charge in [0, 0.05) is 12.8 Å². The molecule has 13 heteroatoms. The van der Waals surface area contributed by atoms with Crippen LogP contribution in [0.1, 0.15) is 149 Å². The predicted molar refractivity (Wildman–Crippen MR) is 227 cm³/mol. The standard InChI is InChI=1S/C44H74NO11P/c1-3-5-7-9-11-13-15-17-18-20-22-24-26-28-30-34-42(47)53-36-40(37-54-57(51,52)55-38-41(45)44(49)50)56-43(48)35-31-33-39(46)32-29-27-25-23-21-19-16-14-12-10-8-6-4-2/h11,13,17-19,21-22,24-25,27,29,32,39-41,46H,3-10,12,14-16,20,23,26,28,30-31,33-38,45H2,1-2H3,(H,49,50)(H,51,52)/b13-11-,18-17-,21-19+,24-22-,27-25+,32-29+/t39?,40-,41+/m1/s1. The molecule has 0 bridgehead atoms. The summed E-state index contributed by atoms with van der Waals surface area (Å²) >= 11 is 0. The number of carbonyl (C=O) groups is 3. The Labute approximate surface area is 343 Å². The molecule has 57 heavy (non-hydrogen) atoms. The lowest BCUT2D eigenvalue weighted by atomic mass is 10.1. The van der Waals surface area contributed by atoms with Crippen molar-refractivity contribution in [2.45, 2.75) is 167 Å². The van der Waals surface area contributed by atoms with Crippen molar-refractivity contribution in [3.05, 3.63) is 72.9 Å². The maximum atomic E-state index is 12.6. The summed E-state index contributed by atoms with van der Waals surface area (Å²) in [4.78, 5) is 45.9. The summed E-state index contributed by atoms with van der Waals surface area (Å²) in [6, 6.07) is -1.56. The lowest BCUT2D eigenvalue weighted by Gasteiger charge is -2.20. The Morgan fingerprint density at radius 1 is 0.632 bits per heavy atom. The highest BCUT2D eigenvalue weighted by Crippen LogP contribution is 2.43. The third-order valence-corrected chi connectivity index (χ3v) is 9.48. The highest BCUT2D eigenvalue weighted by atomic mass is 31.2. The van der Waals surface area contributed by atoms with E-state index in [1.54, 1.807) is 12.2 Å². The van der Waals surface area contributed by atoms with Crippen LogP contribution in [0.4, 0.5) is 0 Å². The molecule has 0 aromatic rings. The maximum Gasteiger partial charge on any atom is 0.472 e. The first kappa shape index (κ1) is 53.9. The molecule has 0 heterocycles. The molecule has 0 saturated carbocycles. The first-order valence-electron chi connectivity index (χ1n) is 21.1. The maximum absolute atomic E-state index is 12.6. The SMILES string of the molecule is CCCCC/C=C\C/C=C\C/C=C\CCCCC(=O)OC[C@H](COP(=O)(O)OC[C@H](N)C(=O)O)OC(=O)CCCC(O)/C=C/C=C/C/C=C/CCCCCCCC. The summed E-state index contributed by atoms with van der Waals surface area (Å²) in [6.07, 6.45) is 41.5. The molecule has 0 spiro atoms. The molecule has 0 fully saturated rings. The van der Waals surface area contributed by atoms with Crippen LogP contribution in [0.2, 0.25) is 0 Å². The van der Waals surface area contributed by atoms with Crippen LogP contribution in [0.5, 0.6) is 0 Å². The number of nitrogens with two attached hydrogens (primary N) is 1. The van der Waals surface area contributed by atoms with Gasteiger partial charge in [-0.1, -0.05) is 132 Å². The summed E-state index contributed by atoms with van der Waals surface area (Å²) in [5.41, 5.74) is 5.31. The van der Waals surface area contributed by atoms with Crippen molar-refractivity contribution < 1.29 is 52.6 Å². The molecule has 4 atom stereocenters. The fourth-order valence-corrected chi connectivity index (χ4v) is 5.92. The number of carbonyl (C=O) groups excluding carboxylic acids is 2. The highest BCUT2D eigenvalue weighted by Gasteiger charge is 2.28. The van der Waals surface area contributed by atoms with Crippen LogP contribution >= 0.6 is 7.82 Å². The fourth-order valence-electron chi connectivity index (χ4n) is 5.14. The van der Waals surface area contributed by atoms with Crippen molar-refractivity contribution >= 4 is 25.7 Å². The Morgan fingerprint density at radius 3 is 1.77 bits per heavy atom. The number of hydrogen-bond acceptors (Lipinski definition) is 10. The van der Waals surface area contributed by atoms with E-state index in [4.69, 9.17) is 24.8 Å². The number of unbranched alkanes of at least 4 members (excludes halogenated alkanes) is 11. The van der Waals surface area contributed by atoms with Gasteiger partial charge < -0.3 is 30.3 Å². The van der Waals surface area contributed by atoms with Crippen molar-refractivity contribution in [3.8, 4) is 0 Å². The molecule has 0 rings (SSSR count). The van der Waals surface area contributed by atoms with Crippen LogP contribution in [0, 0.1) is 0 Å². The Kier molecular flexibility index (Phi) is 36.3. The molecule has 0 aromatic heterocycles. The van der Waals surface area contributed by atoms with E-state index in [0.717, 1.165) is 44.9 Å². The largest absolute Gasteiger partial charge is 0.480 e. The minimum atomic E-state index is -4.78. The molecular formula is C44H74NO11P. The van der Waals surface area contributed by atoms with Crippen LogP contribution in [-0.4, -0.2) is 71.1 Å². The number of esters is 2. The second kappa shape index (κ2) is 38.4. The highest BCUT2D eigenvalue weighted by molar-refractivity contribution is 7.47. The van der Waals surface area contributed by atoms with Crippen LogP contribution in [0.3, 0.4) is 0 Å². The summed E-state index contributed by atoms with van der Waals surface area (Å²) in [6.45, 7) is 2.51. The zero-order valence-electron chi connectivity index (χ0n) is 34.8. The van der Waals surface area contributed by atoms with E-state index in [9.17, 15) is 28.9 Å². The van der Waals surface area contributed by atoms with Crippen LogP contribution in [0.25, 0.3) is 0 Å². The lowest BCUT2D eigenvalue weighted by molar-refractivity contribution is -0.161. The average molecular weight is 824 g/mol. The van der Waals surface area contributed by atoms with Crippen LogP contribution in [0.15, 0.2) is 72.9 Å². The van der Waals surface area contributed by atoms with Gasteiger partial charge in [0.15, 0.2) is 6.10 Å². The Hall–Kier alpha value is -3.12. The first-order valence-corrected chi connectivity index (χ1v) is 22.6. The Balaban J connectivity index is 4.66. The van der Waals surface area contributed by atoms with Gasteiger partial charge >= 0.3 is 25.7 Å². The number of phosphoric ester groups is 1. The fraction of sp³-hybridized carbons (Fsp3) is 0.659. The van der Waals surface area contributed by atoms with Crippen molar-refractivity contribution in [1.82, 2.24) is 0 Å². The third kappa shape index (κ3) is 38.2. The van der Waals surface area contributed by atoms with E-state index in [-0.39, 0.29) is 12.8 Å². The molecular weight excluding hydrogens is 749 g/mol. The Morgan fingerprint density at radius 2 is 1.14 bits per heavy atom. The van der Waals surface area contributed by atoms with Gasteiger partial charge in [-0.3, -0.25) is 23.4 Å². The van der Waals surface area contributed by atoms with E-state index in [2.05, 4.69) is 67.0 Å². The van der Waals surface area contributed by atoms with Crippen LogP contribution in [-0.2, 0) is 37.5 Å². The topological polar surface area (TPSA) is 192 Å². The van der Waals surface area contributed by atoms with Gasteiger partial charge in [-0.05, 0) is 77.0 Å². The molecule has 5 N–H and O–H groups in total. The molecule has 0 radical (unpaired) electrons. The minimum Gasteiger partial charge on any atom is -0.480 e. The first-order chi connectivity index (χ1) is 27.5. The minimum absolute atomic E-state index is 0.0746. The molecule has 12 nitrogen and oxygen atoms in total. The zero-order valence-corrected chi connectivity index (χ0v) is 35.7. The van der Waals surface area contributed by atoms with Crippen molar-refractivity contribution in [2.24, 2.45) is 5.73 Å². The van der Waals surface area contributed by atoms with Gasteiger partial charge in [0.25, 0.3) is 0 Å². The summed E-state index contributed by atoms with van der Waals surface area (Å²) in [5, 5.41) is 19.2. The molecule has 326 valence electrons. The number of phosphoric acid groups is 1. The van der Waals surface area contributed by atoms with E-state index >= 15 is 0 Å². The molecule has 0 saturated heterocycles. The van der Waals surface area contributed by atoms with E-state index in [1.807, 2.05) is 12.2 Å². The molecule has 0 aliphatic heterocycles. The number of hydrogen-bond donors (Lipinski definition) is 4.